The van der Waals surface area contributed by atoms with Crippen LogP contribution in [0.15, 0.2) is 59.1 Å². The first kappa shape index (κ1) is 14.6. The number of rotatable bonds is 5. The van der Waals surface area contributed by atoms with E-state index in [9.17, 15) is 4.79 Å². The standard InChI is InChI=1S/C16H16BrNO2/c1-18(11-13-7-9-14(17)10-8-13)16(19)12-20-15-5-3-2-4-6-15/h2-10H,11-12H2,1H3. The second-order valence-corrected chi connectivity index (χ2v) is 5.39. The molecule has 0 bridgehead atoms. The van der Waals surface area contributed by atoms with Gasteiger partial charge < -0.3 is 9.64 Å². The van der Waals surface area contributed by atoms with Crippen molar-refractivity contribution in [3.05, 3.63) is 64.6 Å². The highest BCUT2D eigenvalue weighted by Gasteiger charge is 2.10. The third kappa shape index (κ3) is 4.38. The molecule has 0 atom stereocenters. The average molecular weight is 334 g/mol. The number of hydrogen-bond donors (Lipinski definition) is 0. The summed E-state index contributed by atoms with van der Waals surface area (Å²) in [7, 11) is 1.78. The lowest BCUT2D eigenvalue weighted by molar-refractivity contribution is -0.132. The second kappa shape index (κ2) is 7.10. The summed E-state index contributed by atoms with van der Waals surface area (Å²) in [4.78, 5) is 13.6. The van der Waals surface area contributed by atoms with Gasteiger partial charge in [-0.2, -0.15) is 0 Å². The maximum absolute atomic E-state index is 12.0. The molecule has 0 unspecified atom stereocenters. The van der Waals surface area contributed by atoms with Crippen molar-refractivity contribution in [3.63, 3.8) is 0 Å². The number of carbonyl (C=O) groups is 1. The lowest BCUT2D eigenvalue weighted by atomic mass is 10.2. The summed E-state index contributed by atoms with van der Waals surface area (Å²) in [5.74, 6) is 0.662. The number of carbonyl (C=O) groups excluding carboxylic acids is 1. The van der Waals surface area contributed by atoms with Crippen molar-refractivity contribution in [2.75, 3.05) is 13.7 Å². The summed E-state index contributed by atoms with van der Waals surface area (Å²) in [5.41, 5.74) is 1.09. The lowest BCUT2D eigenvalue weighted by Gasteiger charge is -2.17. The molecule has 4 heteroatoms. The van der Waals surface area contributed by atoms with E-state index in [4.69, 9.17) is 4.74 Å². The summed E-state index contributed by atoms with van der Waals surface area (Å²) in [6, 6.07) is 17.3. The van der Waals surface area contributed by atoms with Crippen molar-refractivity contribution in [2.45, 2.75) is 6.54 Å². The summed E-state index contributed by atoms with van der Waals surface area (Å²) < 4.78 is 6.48. The van der Waals surface area contributed by atoms with Crippen LogP contribution in [0.5, 0.6) is 5.75 Å². The van der Waals surface area contributed by atoms with E-state index >= 15 is 0 Å². The van der Waals surface area contributed by atoms with Crippen LogP contribution in [0.25, 0.3) is 0 Å². The van der Waals surface area contributed by atoms with Crippen LogP contribution >= 0.6 is 15.9 Å². The van der Waals surface area contributed by atoms with E-state index in [1.807, 2.05) is 54.6 Å². The minimum absolute atomic E-state index is 0.0447. The quantitative estimate of drug-likeness (QED) is 0.838. The summed E-state index contributed by atoms with van der Waals surface area (Å²) in [6.07, 6.45) is 0. The van der Waals surface area contributed by atoms with Gasteiger partial charge in [-0.15, -0.1) is 0 Å². The predicted octanol–water partition coefficient (Wildman–Crippen LogP) is 3.49. The topological polar surface area (TPSA) is 29.5 Å². The molecule has 2 aromatic rings. The van der Waals surface area contributed by atoms with Crippen LogP contribution < -0.4 is 4.74 Å². The number of hydrogen-bond acceptors (Lipinski definition) is 2. The Balaban J connectivity index is 1.84. The van der Waals surface area contributed by atoms with Crippen LogP contribution in [0.3, 0.4) is 0 Å². The highest BCUT2D eigenvalue weighted by Crippen LogP contribution is 2.12. The molecule has 3 nitrogen and oxygen atoms in total. The van der Waals surface area contributed by atoms with Gasteiger partial charge in [0.2, 0.25) is 0 Å². The number of benzene rings is 2. The monoisotopic (exact) mass is 333 g/mol. The smallest absolute Gasteiger partial charge is 0.260 e. The predicted molar refractivity (Wildman–Crippen MR) is 82.6 cm³/mol. The molecule has 0 radical (unpaired) electrons. The number of nitrogens with zero attached hydrogens (tertiary/aromatic N) is 1. The zero-order valence-electron chi connectivity index (χ0n) is 11.3. The molecule has 2 rings (SSSR count). The van der Waals surface area contributed by atoms with Gasteiger partial charge in [0.15, 0.2) is 6.61 Å². The zero-order chi connectivity index (χ0) is 14.4. The Morgan fingerprint density at radius 2 is 1.75 bits per heavy atom. The van der Waals surface area contributed by atoms with Gasteiger partial charge in [-0.25, -0.2) is 0 Å². The van der Waals surface area contributed by atoms with Crippen molar-refractivity contribution in [2.24, 2.45) is 0 Å². The van der Waals surface area contributed by atoms with Crippen LogP contribution in [0.2, 0.25) is 0 Å². The average Bonchev–Trinajstić information content (AvgIpc) is 2.48. The number of para-hydroxylation sites is 1. The van der Waals surface area contributed by atoms with E-state index in [1.54, 1.807) is 11.9 Å². The van der Waals surface area contributed by atoms with Crippen LogP contribution in [0.4, 0.5) is 0 Å². The van der Waals surface area contributed by atoms with Gasteiger partial charge >= 0.3 is 0 Å². The van der Waals surface area contributed by atoms with Crippen molar-refractivity contribution in [1.82, 2.24) is 4.90 Å². The molecule has 0 fully saturated rings. The Bertz CT molecular complexity index is 554. The number of ether oxygens (including phenoxy) is 1. The molecule has 0 spiro atoms. The third-order valence-corrected chi connectivity index (χ3v) is 3.39. The van der Waals surface area contributed by atoms with E-state index in [1.165, 1.54) is 0 Å². The first-order chi connectivity index (χ1) is 9.65. The SMILES string of the molecule is CN(Cc1ccc(Br)cc1)C(=O)COc1ccccc1. The summed E-state index contributed by atoms with van der Waals surface area (Å²) in [5, 5.41) is 0. The third-order valence-electron chi connectivity index (χ3n) is 2.86. The summed E-state index contributed by atoms with van der Waals surface area (Å²) in [6.45, 7) is 0.626. The minimum Gasteiger partial charge on any atom is -0.484 e. The van der Waals surface area contributed by atoms with E-state index in [2.05, 4.69) is 15.9 Å². The minimum atomic E-state index is -0.0447. The molecule has 0 aliphatic rings. The Morgan fingerprint density at radius 1 is 1.10 bits per heavy atom. The molecular formula is C16H16BrNO2. The van der Waals surface area contributed by atoms with Gasteiger partial charge in [0, 0.05) is 18.1 Å². The van der Waals surface area contributed by atoms with Gasteiger partial charge in [0.05, 0.1) is 0 Å². The fourth-order valence-electron chi connectivity index (χ4n) is 1.72. The van der Waals surface area contributed by atoms with Gasteiger partial charge in [0.25, 0.3) is 5.91 Å². The molecule has 0 N–H and O–H groups in total. The number of likely N-dealkylation sites (N-methyl/N-ethyl adjacent to an activating group) is 1. The first-order valence-corrected chi connectivity index (χ1v) is 7.11. The molecule has 0 saturated carbocycles. The van der Waals surface area contributed by atoms with Gasteiger partial charge in [-0.05, 0) is 29.8 Å². The molecule has 2 aromatic carbocycles. The van der Waals surface area contributed by atoms with Gasteiger partial charge in [-0.3, -0.25) is 4.79 Å². The number of halogens is 1. The molecule has 0 saturated heterocycles. The van der Waals surface area contributed by atoms with Crippen LogP contribution in [0, 0.1) is 0 Å². The molecule has 1 amide bonds. The van der Waals surface area contributed by atoms with E-state index in [-0.39, 0.29) is 12.5 Å². The Kier molecular flexibility index (Phi) is 5.18. The first-order valence-electron chi connectivity index (χ1n) is 6.31. The zero-order valence-corrected chi connectivity index (χ0v) is 12.8. The Labute approximate surface area is 127 Å². The summed E-state index contributed by atoms with van der Waals surface area (Å²) >= 11 is 3.39. The number of amides is 1. The largest absolute Gasteiger partial charge is 0.484 e. The van der Waals surface area contributed by atoms with Gasteiger partial charge in [-0.1, -0.05) is 46.3 Å². The molecule has 0 aliphatic carbocycles. The van der Waals surface area contributed by atoms with Crippen molar-refractivity contribution in [3.8, 4) is 5.75 Å². The fourth-order valence-corrected chi connectivity index (χ4v) is 1.99. The van der Waals surface area contributed by atoms with E-state index in [0.29, 0.717) is 12.3 Å². The van der Waals surface area contributed by atoms with Crippen molar-refractivity contribution >= 4 is 21.8 Å². The van der Waals surface area contributed by atoms with Crippen molar-refractivity contribution in [1.29, 1.82) is 0 Å². The second-order valence-electron chi connectivity index (χ2n) is 4.48. The highest BCUT2D eigenvalue weighted by atomic mass is 79.9. The van der Waals surface area contributed by atoms with Crippen LogP contribution in [-0.4, -0.2) is 24.5 Å². The maximum atomic E-state index is 12.0. The molecule has 0 heterocycles. The lowest BCUT2D eigenvalue weighted by Crippen LogP contribution is -2.30. The fraction of sp³-hybridized carbons (Fsp3) is 0.188. The van der Waals surface area contributed by atoms with Crippen molar-refractivity contribution < 1.29 is 9.53 Å². The van der Waals surface area contributed by atoms with Crippen LogP contribution in [0.1, 0.15) is 5.56 Å². The molecule has 0 aromatic heterocycles. The molecule has 104 valence electrons. The molecule has 20 heavy (non-hydrogen) atoms. The Hall–Kier alpha value is -1.81. The molecular weight excluding hydrogens is 318 g/mol. The normalized spacial score (nSPS) is 10.1. The van der Waals surface area contributed by atoms with Crippen LogP contribution in [-0.2, 0) is 11.3 Å². The maximum Gasteiger partial charge on any atom is 0.260 e. The molecule has 0 aliphatic heterocycles. The van der Waals surface area contributed by atoms with Gasteiger partial charge in [0.1, 0.15) is 5.75 Å². The Morgan fingerprint density at radius 3 is 2.40 bits per heavy atom. The van der Waals surface area contributed by atoms with E-state index in [0.717, 1.165) is 10.0 Å². The van der Waals surface area contributed by atoms with E-state index < -0.39 is 0 Å². The highest BCUT2D eigenvalue weighted by molar-refractivity contribution is 9.10.